The number of rotatable bonds is 8. The number of halogens is 1. The van der Waals surface area contributed by atoms with Crippen molar-refractivity contribution in [2.24, 2.45) is 0 Å². The van der Waals surface area contributed by atoms with Crippen molar-refractivity contribution >= 4 is 11.6 Å². The molecule has 29 heavy (non-hydrogen) atoms. The second-order valence-electron chi connectivity index (χ2n) is 8.05. The van der Waals surface area contributed by atoms with E-state index in [1.54, 1.807) is 7.11 Å². The van der Waals surface area contributed by atoms with Gasteiger partial charge in [0.1, 0.15) is 5.75 Å². The Labute approximate surface area is 180 Å². The molecule has 4 heteroatoms. The minimum Gasteiger partial charge on any atom is -0.495 e. The summed E-state index contributed by atoms with van der Waals surface area (Å²) in [4.78, 5) is 2.42. The van der Waals surface area contributed by atoms with E-state index in [-0.39, 0.29) is 5.92 Å². The van der Waals surface area contributed by atoms with Gasteiger partial charge in [-0.1, -0.05) is 55.8 Å². The van der Waals surface area contributed by atoms with Crippen LogP contribution >= 0.6 is 11.6 Å². The van der Waals surface area contributed by atoms with E-state index in [0.717, 1.165) is 62.9 Å². The summed E-state index contributed by atoms with van der Waals surface area (Å²) in [6, 6.07) is 14.4. The summed E-state index contributed by atoms with van der Waals surface area (Å²) in [5, 5.41) is 12.8. The number of methoxy groups -OCH3 is 1. The van der Waals surface area contributed by atoms with E-state index in [2.05, 4.69) is 49.1 Å². The van der Waals surface area contributed by atoms with Crippen LogP contribution in [0.3, 0.4) is 0 Å². The summed E-state index contributed by atoms with van der Waals surface area (Å²) >= 11 is 6.28. The van der Waals surface area contributed by atoms with Gasteiger partial charge in [0.15, 0.2) is 0 Å². The maximum atomic E-state index is 12.2. The Hall–Kier alpha value is -1.55. The molecule has 0 aliphatic heterocycles. The van der Waals surface area contributed by atoms with Crippen molar-refractivity contribution in [1.82, 2.24) is 4.90 Å². The molecule has 2 unspecified atom stereocenters. The Kier molecular flexibility index (Phi) is 7.61. The molecule has 158 valence electrons. The predicted octanol–water partition coefficient (Wildman–Crippen LogP) is 5.78. The van der Waals surface area contributed by atoms with Crippen LogP contribution in [0.15, 0.2) is 42.5 Å². The first-order valence-electron chi connectivity index (χ1n) is 10.9. The summed E-state index contributed by atoms with van der Waals surface area (Å²) in [5.41, 5.74) is 2.59. The zero-order valence-corrected chi connectivity index (χ0v) is 18.7. The molecule has 1 aliphatic rings. The van der Waals surface area contributed by atoms with Gasteiger partial charge in [-0.15, -0.1) is 0 Å². The van der Waals surface area contributed by atoms with Crippen LogP contribution in [0, 0.1) is 0 Å². The Balaban J connectivity index is 1.98. The Morgan fingerprint density at radius 3 is 2.66 bits per heavy atom. The molecular formula is C25H34ClNO2. The minimum absolute atomic E-state index is 0.0222. The third-order valence-electron chi connectivity index (χ3n) is 6.50. The monoisotopic (exact) mass is 415 g/mol. The smallest absolute Gasteiger partial charge is 0.137 e. The van der Waals surface area contributed by atoms with E-state index in [1.165, 1.54) is 5.56 Å². The van der Waals surface area contributed by atoms with Crippen LogP contribution < -0.4 is 4.74 Å². The molecule has 0 spiro atoms. The number of hydrogen-bond donors (Lipinski definition) is 1. The lowest BCUT2D eigenvalue weighted by atomic mass is 9.73. The van der Waals surface area contributed by atoms with Gasteiger partial charge >= 0.3 is 0 Å². The van der Waals surface area contributed by atoms with Crippen LogP contribution in [0.25, 0.3) is 0 Å². The number of fused-ring (bicyclic) bond motifs is 1. The molecule has 0 amide bonds. The summed E-state index contributed by atoms with van der Waals surface area (Å²) in [5.74, 6) is 0.696. The molecule has 1 aliphatic carbocycles. The number of aryl methyl sites for hydroxylation is 1. The first kappa shape index (κ1) is 22.1. The van der Waals surface area contributed by atoms with Crippen LogP contribution in [-0.4, -0.2) is 36.8 Å². The predicted molar refractivity (Wildman–Crippen MR) is 121 cm³/mol. The van der Waals surface area contributed by atoms with E-state index in [0.29, 0.717) is 10.8 Å². The first-order chi connectivity index (χ1) is 14.0. The zero-order chi connectivity index (χ0) is 20.9. The maximum Gasteiger partial charge on any atom is 0.137 e. The van der Waals surface area contributed by atoms with Crippen molar-refractivity contribution in [3.05, 3.63) is 64.2 Å². The fourth-order valence-electron chi connectivity index (χ4n) is 4.84. The molecule has 1 N–H and O–H groups in total. The molecular weight excluding hydrogens is 382 g/mol. The van der Waals surface area contributed by atoms with Crippen LogP contribution in [0.1, 0.15) is 62.1 Å². The molecule has 3 rings (SSSR count). The molecule has 2 aromatic carbocycles. The molecule has 2 aromatic rings. The zero-order valence-electron chi connectivity index (χ0n) is 18.0. The quantitative estimate of drug-likeness (QED) is 0.555. The lowest BCUT2D eigenvalue weighted by Crippen LogP contribution is -2.35. The van der Waals surface area contributed by atoms with Gasteiger partial charge in [0.2, 0.25) is 0 Å². The highest BCUT2D eigenvalue weighted by atomic mass is 35.5. The number of benzene rings is 2. The normalized spacial score (nSPS) is 21.7. The minimum atomic E-state index is -0.890. The van der Waals surface area contributed by atoms with Gasteiger partial charge in [-0.05, 0) is 80.6 Å². The number of ether oxygens (including phenoxy) is 1. The second kappa shape index (κ2) is 9.97. The van der Waals surface area contributed by atoms with E-state index in [1.807, 2.05) is 12.1 Å². The van der Waals surface area contributed by atoms with Gasteiger partial charge < -0.3 is 14.7 Å². The lowest BCUT2D eigenvalue weighted by Gasteiger charge is -2.38. The molecule has 0 radical (unpaired) electrons. The van der Waals surface area contributed by atoms with Crippen LogP contribution in [0.5, 0.6) is 5.75 Å². The third kappa shape index (κ3) is 4.79. The molecule has 0 bridgehead atoms. The highest BCUT2D eigenvalue weighted by Crippen LogP contribution is 2.48. The van der Waals surface area contributed by atoms with E-state index < -0.39 is 5.60 Å². The highest BCUT2D eigenvalue weighted by molar-refractivity contribution is 6.32. The summed E-state index contributed by atoms with van der Waals surface area (Å²) in [6.45, 7) is 7.49. The molecule has 0 aromatic heterocycles. The Bertz CT molecular complexity index is 805. The fourth-order valence-corrected chi connectivity index (χ4v) is 5.03. The van der Waals surface area contributed by atoms with Gasteiger partial charge in [0, 0.05) is 5.92 Å². The van der Waals surface area contributed by atoms with Gasteiger partial charge in [0.25, 0.3) is 0 Å². The van der Waals surface area contributed by atoms with Crippen molar-refractivity contribution in [3.8, 4) is 5.75 Å². The van der Waals surface area contributed by atoms with Crippen molar-refractivity contribution in [3.63, 3.8) is 0 Å². The molecule has 0 saturated carbocycles. The summed E-state index contributed by atoms with van der Waals surface area (Å²) in [7, 11) is 1.64. The summed E-state index contributed by atoms with van der Waals surface area (Å²) in [6.07, 6.45) is 4.73. The van der Waals surface area contributed by atoms with Gasteiger partial charge in [0.05, 0.1) is 17.7 Å². The van der Waals surface area contributed by atoms with Gasteiger partial charge in [-0.3, -0.25) is 0 Å². The Morgan fingerprint density at radius 2 is 1.93 bits per heavy atom. The average Bonchev–Trinajstić information content (AvgIpc) is 2.89. The molecule has 0 fully saturated rings. The molecule has 2 atom stereocenters. The molecule has 3 nitrogen and oxygen atoms in total. The van der Waals surface area contributed by atoms with Crippen LogP contribution in [-0.2, 0) is 12.0 Å². The topological polar surface area (TPSA) is 32.7 Å². The standard InChI is InChI=1S/C25H34ClNO2/c1-4-27(5-2)17-9-16-25(28)21-12-7-6-10-19(21)11-8-13-22(25)20-14-15-23(26)24(18-20)29-3/h6-7,10,12,14-15,18,22,28H,4-5,8-9,11,13,16-17H2,1-3H3. The van der Waals surface area contributed by atoms with Gasteiger partial charge in [-0.25, -0.2) is 0 Å². The Morgan fingerprint density at radius 1 is 1.17 bits per heavy atom. The first-order valence-corrected chi connectivity index (χ1v) is 11.3. The maximum absolute atomic E-state index is 12.2. The molecule has 0 saturated heterocycles. The third-order valence-corrected chi connectivity index (χ3v) is 6.82. The van der Waals surface area contributed by atoms with E-state index >= 15 is 0 Å². The highest BCUT2D eigenvalue weighted by Gasteiger charge is 2.41. The fraction of sp³-hybridized carbons (Fsp3) is 0.520. The van der Waals surface area contributed by atoms with Crippen molar-refractivity contribution in [2.75, 3.05) is 26.7 Å². The summed E-state index contributed by atoms with van der Waals surface area (Å²) < 4.78 is 5.47. The van der Waals surface area contributed by atoms with Crippen LogP contribution in [0.4, 0.5) is 0 Å². The lowest BCUT2D eigenvalue weighted by molar-refractivity contribution is -0.00674. The number of aliphatic hydroxyl groups is 1. The second-order valence-corrected chi connectivity index (χ2v) is 8.46. The van der Waals surface area contributed by atoms with Crippen molar-refractivity contribution in [2.45, 2.75) is 57.5 Å². The largest absolute Gasteiger partial charge is 0.495 e. The van der Waals surface area contributed by atoms with Gasteiger partial charge in [-0.2, -0.15) is 0 Å². The van der Waals surface area contributed by atoms with E-state index in [4.69, 9.17) is 16.3 Å². The van der Waals surface area contributed by atoms with Crippen molar-refractivity contribution < 1.29 is 9.84 Å². The van der Waals surface area contributed by atoms with Crippen LogP contribution in [0.2, 0.25) is 5.02 Å². The SMILES string of the molecule is CCN(CC)CCCC1(O)c2ccccc2CCCC1c1ccc(Cl)c(OC)c1. The molecule has 0 heterocycles. The van der Waals surface area contributed by atoms with E-state index in [9.17, 15) is 5.11 Å². The number of nitrogens with zero attached hydrogens (tertiary/aromatic N) is 1. The number of hydrogen-bond acceptors (Lipinski definition) is 3. The van der Waals surface area contributed by atoms with Crippen molar-refractivity contribution in [1.29, 1.82) is 0 Å². The average molecular weight is 416 g/mol.